The number of anilines is 1. The number of nitrogens with zero attached hydrogens (tertiary/aromatic N) is 2. The van der Waals surface area contributed by atoms with Crippen LogP contribution in [-0.4, -0.2) is 28.8 Å². The van der Waals surface area contributed by atoms with Gasteiger partial charge >= 0.3 is 0 Å². The Morgan fingerprint density at radius 2 is 1.53 bits per heavy atom. The van der Waals surface area contributed by atoms with Gasteiger partial charge in [-0.15, -0.1) is 0 Å². The van der Waals surface area contributed by atoms with E-state index in [1.807, 2.05) is 84.4 Å². The van der Waals surface area contributed by atoms with E-state index < -0.39 is 0 Å². The molecule has 0 atom stereocenters. The second-order valence-electron chi connectivity index (χ2n) is 9.06. The Labute approximate surface area is 201 Å². The SMILES string of the molecule is Cc1c(C(=O)Nc2ccc(C[NH+]3CCCCC3)cc2)c(-c2ccccc2)nn1-c1ccccc1. The molecule has 0 aliphatic carbocycles. The fourth-order valence-corrected chi connectivity index (χ4v) is 4.81. The van der Waals surface area contributed by atoms with Crippen molar-refractivity contribution in [1.29, 1.82) is 0 Å². The lowest BCUT2D eigenvalue weighted by molar-refractivity contribution is -0.918. The minimum atomic E-state index is -0.145. The van der Waals surface area contributed by atoms with Crippen LogP contribution in [0.15, 0.2) is 84.9 Å². The van der Waals surface area contributed by atoms with E-state index in [1.165, 1.54) is 37.9 Å². The molecule has 0 radical (unpaired) electrons. The van der Waals surface area contributed by atoms with Crippen molar-refractivity contribution in [3.8, 4) is 16.9 Å². The maximum absolute atomic E-state index is 13.5. The van der Waals surface area contributed by atoms with E-state index in [0.717, 1.165) is 29.2 Å². The lowest BCUT2D eigenvalue weighted by atomic mass is 10.1. The fraction of sp³-hybridized carbons (Fsp3) is 0.241. The number of hydrogen-bond donors (Lipinski definition) is 2. The Hall–Kier alpha value is -3.70. The highest BCUT2D eigenvalue weighted by Crippen LogP contribution is 2.28. The Bertz CT molecular complexity index is 1240. The molecule has 0 spiro atoms. The quantitative estimate of drug-likeness (QED) is 0.448. The lowest BCUT2D eigenvalue weighted by Crippen LogP contribution is -3.11. The molecule has 1 fully saturated rings. The van der Waals surface area contributed by atoms with Crippen molar-refractivity contribution in [2.75, 3.05) is 18.4 Å². The predicted molar refractivity (Wildman–Crippen MR) is 136 cm³/mol. The number of aromatic nitrogens is 2. The van der Waals surface area contributed by atoms with E-state index in [9.17, 15) is 4.79 Å². The first-order valence-corrected chi connectivity index (χ1v) is 12.1. The molecule has 2 N–H and O–H groups in total. The number of quaternary nitrogens is 1. The zero-order valence-corrected chi connectivity index (χ0v) is 19.6. The fourth-order valence-electron chi connectivity index (χ4n) is 4.81. The molecule has 4 aromatic rings. The Balaban J connectivity index is 1.41. The summed E-state index contributed by atoms with van der Waals surface area (Å²) in [4.78, 5) is 15.2. The van der Waals surface area contributed by atoms with E-state index in [0.29, 0.717) is 11.3 Å². The first kappa shape index (κ1) is 22.1. The summed E-state index contributed by atoms with van der Waals surface area (Å²) >= 11 is 0. The molecule has 3 aromatic carbocycles. The van der Waals surface area contributed by atoms with Crippen molar-refractivity contribution < 1.29 is 9.69 Å². The second-order valence-corrected chi connectivity index (χ2v) is 9.06. The Kier molecular flexibility index (Phi) is 6.54. The van der Waals surface area contributed by atoms with Gasteiger partial charge in [-0.05, 0) is 50.5 Å². The van der Waals surface area contributed by atoms with Gasteiger partial charge in [0.15, 0.2) is 0 Å². The van der Waals surface area contributed by atoms with Crippen LogP contribution in [0.3, 0.4) is 0 Å². The molecule has 1 amide bonds. The normalized spacial score (nSPS) is 14.1. The van der Waals surface area contributed by atoms with Crippen molar-refractivity contribution in [1.82, 2.24) is 9.78 Å². The van der Waals surface area contributed by atoms with Gasteiger partial charge in [0.2, 0.25) is 0 Å². The van der Waals surface area contributed by atoms with Gasteiger partial charge in [0.05, 0.1) is 30.0 Å². The van der Waals surface area contributed by atoms with Crippen molar-refractivity contribution in [2.45, 2.75) is 32.7 Å². The molecule has 1 aliphatic heterocycles. The van der Waals surface area contributed by atoms with Crippen LogP contribution >= 0.6 is 0 Å². The van der Waals surface area contributed by atoms with Gasteiger partial charge in [-0.1, -0.05) is 60.7 Å². The molecular weight excluding hydrogens is 420 g/mol. The summed E-state index contributed by atoms with van der Waals surface area (Å²) in [6, 6.07) is 28.1. The average Bonchev–Trinajstić information content (AvgIpc) is 3.24. The minimum absolute atomic E-state index is 0.145. The summed E-state index contributed by atoms with van der Waals surface area (Å²) in [7, 11) is 0. The van der Waals surface area contributed by atoms with Gasteiger partial charge in [0, 0.05) is 16.8 Å². The first-order valence-electron chi connectivity index (χ1n) is 12.1. The summed E-state index contributed by atoms with van der Waals surface area (Å²) in [6.07, 6.45) is 4.01. The third-order valence-electron chi connectivity index (χ3n) is 6.62. The van der Waals surface area contributed by atoms with E-state index in [-0.39, 0.29) is 5.91 Å². The van der Waals surface area contributed by atoms with E-state index >= 15 is 0 Å². The number of likely N-dealkylation sites (tertiary alicyclic amines) is 1. The van der Waals surface area contributed by atoms with E-state index in [2.05, 4.69) is 17.4 Å². The number of amides is 1. The molecule has 34 heavy (non-hydrogen) atoms. The molecule has 0 unspecified atom stereocenters. The smallest absolute Gasteiger partial charge is 0.259 e. The Morgan fingerprint density at radius 3 is 2.21 bits per heavy atom. The molecule has 2 heterocycles. The highest BCUT2D eigenvalue weighted by Gasteiger charge is 2.23. The van der Waals surface area contributed by atoms with Crippen molar-refractivity contribution in [3.63, 3.8) is 0 Å². The highest BCUT2D eigenvalue weighted by atomic mass is 16.1. The molecular formula is C29H31N4O+. The molecule has 5 rings (SSSR count). The number of benzene rings is 3. The summed E-state index contributed by atoms with van der Waals surface area (Å²) < 4.78 is 1.85. The topological polar surface area (TPSA) is 51.4 Å². The number of nitrogens with one attached hydrogen (secondary N) is 2. The maximum atomic E-state index is 13.5. The predicted octanol–water partition coefficient (Wildman–Crippen LogP) is 4.67. The van der Waals surface area contributed by atoms with Gasteiger partial charge in [-0.3, -0.25) is 4.79 Å². The molecule has 1 aromatic heterocycles. The number of piperidine rings is 1. The summed E-state index contributed by atoms with van der Waals surface area (Å²) in [5, 5.41) is 7.95. The van der Waals surface area contributed by atoms with Gasteiger partial charge < -0.3 is 10.2 Å². The van der Waals surface area contributed by atoms with Crippen LogP contribution in [0.4, 0.5) is 5.69 Å². The number of carbonyl (C=O) groups is 1. The number of para-hydroxylation sites is 1. The third-order valence-corrected chi connectivity index (χ3v) is 6.62. The monoisotopic (exact) mass is 451 g/mol. The zero-order chi connectivity index (χ0) is 23.3. The first-order chi connectivity index (χ1) is 16.7. The van der Waals surface area contributed by atoms with Gasteiger partial charge in [0.25, 0.3) is 5.91 Å². The van der Waals surface area contributed by atoms with Gasteiger partial charge in [-0.25, -0.2) is 4.68 Å². The summed E-state index contributed by atoms with van der Waals surface area (Å²) in [6.45, 7) is 5.51. The minimum Gasteiger partial charge on any atom is -0.331 e. The molecule has 172 valence electrons. The summed E-state index contributed by atoms with van der Waals surface area (Å²) in [5.74, 6) is -0.145. The Morgan fingerprint density at radius 1 is 0.882 bits per heavy atom. The van der Waals surface area contributed by atoms with E-state index in [4.69, 9.17) is 5.10 Å². The number of carbonyl (C=O) groups excluding carboxylic acids is 1. The van der Waals surface area contributed by atoms with Crippen LogP contribution in [0.5, 0.6) is 0 Å². The average molecular weight is 452 g/mol. The maximum Gasteiger partial charge on any atom is 0.259 e. The van der Waals surface area contributed by atoms with Crippen molar-refractivity contribution in [2.24, 2.45) is 0 Å². The molecule has 1 saturated heterocycles. The van der Waals surface area contributed by atoms with Crippen LogP contribution in [0.25, 0.3) is 16.9 Å². The van der Waals surface area contributed by atoms with Gasteiger partial charge in [-0.2, -0.15) is 5.10 Å². The second kappa shape index (κ2) is 10.1. The van der Waals surface area contributed by atoms with Crippen molar-refractivity contribution >= 4 is 11.6 Å². The largest absolute Gasteiger partial charge is 0.331 e. The molecule has 1 aliphatic rings. The number of hydrogen-bond acceptors (Lipinski definition) is 2. The standard InChI is InChI=1S/C29H30N4O/c1-22-27(28(24-11-5-2-6-12-24)31-33(22)26-13-7-3-8-14-26)29(34)30-25-17-15-23(16-18-25)21-32-19-9-4-10-20-32/h2-3,5-8,11-18H,4,9-10,19-21H2,1H3,(H,30,34)/p+1. The molecule has 0 bridgehead atoms. The van der Waals surface area contributed by atoms with Crippen LogP contribution in [-0.2, 0) is 6.54 Å². The lowest BCUT2D eigenvalue weighted by Gasteiger charge is -2.23. The van der Waals surface area contributed by atoms with Crippen molar-refractivity contribution in [3.05, 3.63) is 102 Å². The van der Waals surface area contributed by atoms with Crippen LogP contribution < -0.4 is 10.2 Å². The third kappa shape index (κ3) is 4.80. The molecule has 5 heteroatoms. The molecule has 0 saturated carbocycles. The van der Waals surface area contributed by atoms with Crippen LogP contribution in [0.2, 0.25) is 0 Å². The summed E-state index contributed by atoms with van der Waals surface area (Å²) in [5.41, 5.74) is 6.06. The van der Waals surface area contributed by atoms with E-state index in [1.54, 1.807) is 4.90 Å². The van der Waals surface area contributed by atoms with Gasteiger partial charge in [0.1, 0.15) is 12.2 Å². The van der Waals surface area contributed by atoms with Crippen LogP contribution in [0.1, 0.15) is 40.9 Å². The zero-order valence-electron chi connectivity index (χ0n) is 19.6. The molecule has 5 nitrogen and oxygen atoms in total. The number of rotatable bonds is 6. The highest BCUT2D eigenvalue weighted by molar-refractivity contribution is 6.09. The van der Waals surface area contributed by atoms with Crippen LogP contribution in [0, 0.1) is 6.92 Å².